The zero-order chi connectivity index (χ0) is 14.1. The maximum atomic E-state index is 11.9. The van der Waals surface area contributed by atoms with Crippen LogP contribution in [0.3, 0.4) is 0 Å². The fourth-order valence-corrected chi connectivity index (χ4v) is 4.26. The quantitative estimate of drug-likeness (QED) is 0.859. The summed E-state index contributed by atoms with van der Waals surface area (Å²) in [5.41, 5.74) is 1.35. The molecule has 106 valence electrons. The van der Waals surface area contributed by atoms with E-state index in [-0.39, 0.29) is 17.9 Å². The molecule has 0 saturated carbocycles. The van der Waals surface area contributed by atoms with Crippen molar-refractivity contribution in [2.24, 2.45) is 0 Å². The van der Waals surface area contributed by atoms with Gasteiger partial charge in [0.15, 0.2) is 0 Å². The molecule has 0 aromatic heterocycles. The van der Waals surface area contributed by atoms with Crippen molar-refractivity contribution >= 4 is 23.6 Å². The largest absolute Gasteiger partial charge is 0.294 e. The highest BCUT2D eigenvalue weighted by Crippen LogP contribution is 2.39. The van der Waals surface area contributed by atoms with Crippen LogP contribution in [0.1, 0.15) is 24.8 Å². The zero-order valence-corrected chi connectivity index (χ0v) is 12.3. The average Bonchev–Trinajstić information content (AvgIpc) is 2.82. The van der Waals surface area contributed by atoms with Crippen LogP contribution >= 0.6 is 11.8 Å². The van der Waals surface area contributed by atoms with Gasteiger partial charge in [-0.25, -0.2) is 0 Å². The number of thioether (sulfide) groups is 1. The summed E-state index contributed by atoms with van der Waals surface area (Å²) in [6.07, 6.45) is 0.737. The number of hydrogen-bond donors (Lipinski definition) is 1. The third-order valence-electron chi connectivity index (χ3n) is 3.99. The summed E-state index contributed by atoms with van der Waals surface area (Å²) in [6, 6.07) is 8.24. The summed E-state index contributed by atoms with van der Waals surface area (Å²) in [5, 5.41) is 2.43. The Morgan fingerprint density at radius 1 is 1.35 bits per heavy atom. The third kappa shape index (κ3) is 2.47. The molecule has 2 unspecified atom stereocenters. The minimum Gasteiger partial charge on any atom is -0.294 e. The van der Waals surface area contributed by atoms with Gasteiger partial charge in [-0.05, 0) is 18.1 Å². The molecule has 2 heterocycles. The van der Waals surface area contributed by atoms with E-state index in [2.05, 4.69) is 29.6 Å². The van der Waals surface area contributed by atoms with Gasteiger partial charge < -0.3 is 0 Å². The first-order chi connectivity index (χ1) is 9.69. The lowest BCUT2D eigenvalue weighted by atomic mass is 9.99. The number of rotatable bonds is 3. The summed E-state index contributed by atoms with van der Waals surface area (Å²) < 4.78 is 0. The summed E-state index contributed by atoms with van der Waals surface area (Å²) in [4.78, 5) is 26.8. The molecule has 1 fully saturated rings. The van der Waals surface area contributed by atoms with E-state index in [0.29, 0.717) is 12.5 Å². The first-order valence-electron chi connectivity index (χ1n) is 6.98. The lowest BCUT2D eigenvalue weighted by molar-refractivity contribution is -0.140. The topological polar surface area (TPSA) is 49.4 Å². The monoisotopic (exact) mass is 290 g/mol. The molecule has 0 radical (unpaired) electrons. The van der Waals surface area contributed by atoms with Crippen LogP contribution < -0.4 is 5.32 Å². The van der Waals surface area contributed by atoms with Crippen molar-refractivity contribution in [3.8, 4) is 0 Å². The van der Waals surface area contributed by atoms with Crippen LogP contribution in [0.4, 0.5) is 0 Å². The third-order valence-corrected chi connectivity index (χ3v) is 5.25. The van der Waals surface area contributed by atoms with Crippen molar-refractivity contribution in [2.75, 3.05) is 18.8 Å². The Kier molecular flexibility index (Phi) is 3.81. The van der Waals surface area contributed by atoms with Gasteiger partial charge in [0, 0.05) is 23.1 Å². The predicted molar refractivity (Wildman–Crippen MR) is 78.7 cm³/mol. The van der Waals surface area contributed by atoms with Gasteiger partial charge in [-0.1, -0.05) is 25.1 Å². The second-order valence-corrected chi connectivity index (χ2v) is 6.37. The number of hydrogen-bond acceptors (Lipinski definition) is 4. The molecule has 1 aromatic carbocycles. The van der Waals surface area contributed by atoms with Gasteiger partial charge >= 0.3 is 0 Å². The highest BCUT2D eigenvalue weighted by Gasteiger charge is 2.35. The normalized spacial score (nSPS) is 26.4. The molecule has 2 amide bonds. The van der Waals surface area contributed by atoms with Crippen molar-refractivity contribution in [3.63, 3.8) is 0 Å². The van der Waals surface area contributed by atoms with Gasteiger partial charge in [0.2, 0.25) is 11.8 Å². The smallest absolute Gasteiger partial charge is 0.243 e. The van der Waals surface area contributed by atoms with Gasteiger partial charge in [-0.2, -0.15) is 0 Å². The standard InChI is InChI=1S/C15H18N2O2S/c1-2-12-15(19)16-14(18)8-17(12)7-10-9-20-13-6-4-3-5-11(10)13/h3-6,10,12H,2,7-9H2,1H3,(H,16,18,19). The predicted octanol–water partition coefficient (Wildman–Crippen LogP) is 1.61. The zero-order valence-electron chi connectivity index (χ0n) is 11.5. The fraction of sp³-hybridized carbons (Fsp3) is 0.467. The summed E-state index contributed by atoms with van der Waals surface area (Å²) >= 11 is 1.86. The van der Waals surface area contributed by atoms with Gasteiger partial charge in [0.05, 0.1) is 12.6 Å². The van der Waals surface area contributed by atoms with Crippen LogP contribution in [0.25, 0.3) is 0 Å². The lowest BCUT2D eigenvalue weighted by Crippen LogP contribution is -2.58. The number of nitrogens with one attached hydrogen (secondary N) is 1. The van der Waals surface area contributed by atoms with Gasteiger partial charge in [-0.15, -0.1) is 11.8 Å². The Bertz CT molecular complexity index is 546. The van der Waals surface area contributed by atoms with Gasteiger partial charge in [0.25, 0.3) is 0 Å². The van der Waals surface area contributed by atoms with E-state index in [1.165, 1.54) is 10.5 Å². The molecule has 20 heavy (non-hydrogen) atoms. The van der Waals surface area contributed by atoms with E-state index in [1.807, 2.05) is 23.6 Å². The second kappa shape index (κ2) is 5.58. The van der Waals surface area contributed by atoms with E-state index < -0.39 is 0 Å². The van der Waals surface area contributed by atoms with E-state index in [9.17, 15) is 9.59 Å². The number of piperazine rings is 1. The molecular weight excluding hydrogens is 272 g/mol. The van der Waals surface area contributed by atoms with Crippen LogP contribution in [0, 0.1) is 0 Å². The summed E-state index contributed by atoms with van der Waals surface area (Å²) in [6.45, 7) is 3.10. The molecule has 1 saturated heterocycles. The fourth-order valence-electron chi connectivity index (χ4n) is 3.02. The molecule has 1 aromatic rings. The van der Waals surface area contributed by atoms with Crippen molar-refractivity contribution in [1.82, 2.24) is 10.2 Å². The number of carbonyl (C=O) groups is 2. The van der Waals surface area contributed by atoms with Crippen molar-refractivity contribution < 1.29 is 9.59 Å². The molecule has 3 rings (SSSR count). The van der Waals surface area contributed by atoms with E-state index in [0.717, 1.165) is 18.7 Å². The molecule has 1 N–H and O–H groups in total. The molecule has 0 bridgehead atoms. The molecular formula is C15H18N2O2S. The highest BCUT2D eigenvalue weighted by atomic mass is 32.2. The van der Waals surface area contributed by atoms with Crippen molar-refractivity contribution in [2.45, 2.75) is 30.2 Å². The molecule has 2 atom stereocenters. The van der Waals surface area contributed by atoms with Crippen LogP contribution in [0.15, 0.2) is 29.2 Å². The Balaban J connectivity index is 1.77. The number of imide groups is 1. The van der Waals surface area contributed by atoms with Crippen LogP contribution in [-0.4, -0.2) is 41.6 Å². The Hall–Kier alpha value is -1.33. The lowest BCUT2D eigenvalue weighted by Gasteiger charge is -2.35. The van der Waals surface area contributed by atoms with E-state index in [4.69, 9.17) is 0 Å². The van der Waals surface area contributed by atoms with Crippen LogP contribution in [0.2, 0.25) is 0 Å². The first-order valence-corrected chi connectivity index (χ1v) is 7.97. The summed E-state index contributed by atoms with van der Waals surface area (Å²) in [5.74, 6) is 1.10. The maximum absolute atomic E-state index is 11.9. The molecule has 2 aliphatic heterocycles. The number of carbonyl (C=O) groups excluding carboxylic acids is 2. The number of amides is 2. The molecule has 4 nitrogen and oxygen atoms in total. The Labute approximate surface area is 122 Å². The molecule has 2 aliphatic rings. The average molecular weight is 290 g/mol. The van der Waals surface area contributed by atoms with Crippen molar-refractivity contribution in [3.05, 3.63) is 29.8 Å². The maximum Gasteiger partial charge on any atom is 0.243 e. The Morgan fingerprint density at radius 3 is 2.95 bits per heavy atom. The van der Waals surface area contributed by atoms with Gasteiger partial charge in [0.1, 0.15) is 0 Å². The minimum atomic E-state index is -0.182. The SMILES string of the molecule is CCC1C(=O)NC(=O)CN1CC1CSc2ccccc21. The number of nitrogens with zero attached hydrogens (tertiary/aromatic N) is 1. The Morgan fingerprint density at radius 2 is 2.15 bits per heavy atom. The first kappa shape index (κ1) is 13.6. The van der Waals surface area contributed by atoms with Crippen LogP contribution in [0.5, 0.6) is 0 Å². The molecule has 0 spiro atoms. The highest BCUT2D eigenvalue weighted by molar-refractivity contribution is 7.99. The minimum absolute atomic E-state index is 0.150. The number of fused-ring (bicyclic) bond motifs is 1. The van der Waals surface area contributed by atoms with Gasteiger partial charge in [-0.3, -0.25) is 19.8 Å². The van der Waals surface area contributed by atoms with E-state index in [1.54, 1.807) is 0 Å². The molecule has 0 aliphatic carbocycles. The van der Waals surface area contributed by atoms with Crippen LogP contribution in [-0.2, 0) is 9.59 Å². The second-order valence-electron chi connectivity index (χ2n) is 5.31. The summed E-state index contributed by atoms with van der Waals surface area (Å²) in [7, 11) is 0. The molecule has 5 heteroatoms. The number of benzene rings is 1. The van der Waals surface area contributed by atoms with Crippen molar-refractivity contribution in [1.29, 1.82) is 0 Å². The van der Waals surface area contributed by atoms with E-state index >= 15 is 0 Å².